The molecule has 62 heavy (non-hydrogen) atoms. The van der Waals surface area contributed by atoms with Crippen molar-refractivity contribution in [3.05, 3.63) is 215 Å². The van der Waals surface area contributed by atoms with Gasteiger partial charge in [-0.3, -0.25) is 0 Å². The van der Waals surface area contributed by atoms with Crippen LogP contribution in [-0.4, -0.2) is 21.0 Å². The molecule has 0 bridgehead atoms. The Morgan fingerprint density at radius 1 is 0.403 bits per heavy atom. The van der Waals surface area contributed by atoms with Gasteiger partial charge >= 0.3 is 0 Å². The Morgan fingerprint density at radius 2 is 0.903 bits per heavy atom. The quantitative estimate of drug-likeness (QED) is 0.138. The van der Waals surface area contributed by atoms with E-state index in [0.717, 1.165) is 68.1 Å². The first-order valence-corrected chi connectivity index (χ1v) is 21.5. The minimum absolute atomic E-state index is 0.196. The smallest absolute Gasteiger partial charge is 0.164 e. The number of benzene rings is 7. The van der Waals surface area contributed by atoms with Crippen LogP contribution in [0.3, 0.4) is 0 Å². The summed E-state index contributed by atoms with van der Waals surface area (Å²) in [4.78, 5) is 20.7. The SMILES string of the molecule is Cc1cc(N(c2ccccc2)c2ccccc2)c(C)cc1-c1nc(-c2ccc(-c3ccccc3C)c(C)c2)nc(-c2cc(C)c(N(c3ccccc3)C3C=CC=CC3)cc2C)n1. The van der Waals surface area contributed by atoms with Gasteiger partial charge in [0.25, 0.3) is 0 Å². The van der Waals surface area contributed by atoms with Gasteiger partial charge in [0.05, 0.1) is 6.04 Å². The van der Waals surface area contributed by atoms with Crippen molar-refractivity contribution in [1.82, 2.24) is 15.0 Å². The maximum Gasteiger partial charge on any atom is 0.164 e. The molecule has 0 amide bonds. The summed E-state index contributed by atoms with van der Waals surface area (Å²) in [6.07, 6.45) is 9.76. The summed E-state index contributed by atoms with van der Waals surface area (Å²) >= 11 is 0. The van der Waals surface area contributed by atoms with Crippen LogP contribution in [0.5, 0.6) is 0 Å². The fraction of sp³-hybridized carbons (Fsp3) is 0.140. The van der Waals surface area contributed by atoms with Crippen LogP contribution in [0.4, 0.5) is 28.4 Å². The zero-order valence-electron chi connectivity index (χ0n) is 36.3. The second kappa shape index (κ2) is 17.3. The number of allylic oxidation sites excluding steroid dienone is 2. The Morgan fingerprint density at radius 3 is 1.47 bits per heavy atom. The minimum Gasteiger partial charge on any atom is -0.334 e. The molecule has 0 saturated heterocycles. The van der Waals surface area contributed by atoms with Crippen LogP contribution in [0.25, 0.3) is 45.3 Å². The van der Waals surface area contributed by atoms with Crippen LogP contribution in [0, 0.1) is 41.5 Å². The van der Waals surface area contributed by atoms with E-state index in [-0.39, 0.29) is 6.04 Å². The van der Waals surface area contributed by atoms with Crippen LogP contribution in [0.2, 0.25) is 0 Å². The standard InChI is InChI=1S/C57H51N5/c1-38-21-19-20-30-49(38)50-32-31-44(33-39(50)2)55-58-56(51-34-42(5)53(36-40(51)3)61(45-22-11-7-12-23-45)46-24-13-8-14-25-46)60-57(59-55)52-35-43(6)54(37-41(52)4)62(47-26-15-9-16-27-47)48-28-17-10-18-29-48/h7-28,30-37,48H,29H2,1-6H3. The highest BCUT2D eigenvalue weighted by atomic mass is 15.2. The van der Waals surface area contributed by atoms with Crippen molar-refractivity contribution >= 4 is 28.4 Å². The van der Waals surface area contributed by atoms with Crippen molar-refractivity contribution in [1.29, 1.82) is 0 Å². The molecule has 8 aromatic rings. The normalized spacial score (nSPS) is 13.3. The maximum absolute atomic E-state index is 5.35. The van der Waals surface area contributed by atoms with E-state index in [9.17, 15) is 0 Å². The lowest BCUT2D eigenvalue weighted by Gasteiger charge is -2.34. The van der Waals surface area contributed by atoms with E-state index in [1.165, 1.54) is 27.9 Å². The predicted molar refractivity (Wildman–Crippen MR) is 260 cm³/mol. The average Bonchev–Trinajstić information content (AvgIpc) is 3.30. The summed E-state index contributed by atoms with van der Waals surface area (Å²) in [7, 11) is 0. The summed E-state index contributed by atoms with van der Waals surface area (Å²) in [6.45, 7) is 13.1. The molecule has 1 aromatic heterocycles. The number of para-hydroxylation sites is 3. The lowest BCUT2D eigenvalue weighted by atomic mass is 9.95. The third-order valence-corrected chi connectivity index (χ3v) is 12.0. The van der Waals surface area contributed by atoms with Crippen molar-refractivity contribution in [2.75, 3.05) is 9.80 Å². The summed E-state index contributed by atoms with van der Waals surface area (Å²) in [5.41, 5.74) is 17.8. The highest BCUT2D eigenvalue weighted by Crippen LogP contribution is 2.41. The molecular weight excluding hydrogens is 755 g/mol. The highest BCUT2D eigenvalue weighted by Gasteiger charge is 2.24. The lowest BCUT2D eigenvalue weighted by molar-refractivity contribution is 0.782. The van der Waals surface area contributed by atoms with Gasteiger partial charge in [0, 0.05) is 45.1 Å². The van der Waals surface area contributed by atoms with Gasteiger partial charge in [-0.25, -0.2) is 15.0 Å². The number of hydrogen-bond donors (Lipinski definition) is 0. The molecule has 304 valence electrons. The van der Waals surface area contributed by atoms with E-state index in [1.807, 2.05) is 0 Å². The van der Waals surface area contributed by atoms with Crippen LogP contribution in [0.15, 0.2) is 182 Å². The zero-order chi connectivity index (χ0) is 42.7. The molecular formula is C57H51N5. The van der Waals surface area contributed by atoms with E-state index >= 15 is 0 Å². The molecule has 0 saturated carbocycles. The van der Waals surface area contributed by atoms with Crippen LogP contribution in [0.1, 0.15) is 39.8 Å². The molecule has 0 fully saturated rings. The molecule has 0 radical (unpaired) electrons. The Bertz CT molecular complexity index is 2910. The molecule has 9 rings (SSSR count). The topological polar surface area (TPSA) is 45.2 Å². The average molecular weight is 806 g/mol. The maximum atomic E-state index is 5.35. The number of rotatable bonds is 10. The number of aryl methyl sites for hydroxylation is 6. The van der Waals surface area contributed by atoms with E-state index in [1.54, 1.807) is 0 Å². The van der Waals surface area contributed by atoms with Crippen LogP contribution >= 0.6 is 0 Å². The summed E-state index contributed by atoms with van der Waals surface area (Å²) in [5, 5.41) is 0. The third-order valence-electron chi connectivity index (χ3n) is 12.0. The van der Waals surface area contributed by atoms with Gasteiger partial charge in [0.15, 0.2) is 17.5 Å². The fourth-order valence-corrected chi connectivity index (χ4v) is 8.75. The largest absolute Gasteiger partial charge is 0.334 e. The van der Waals surface area contributed by atoms with Crippen LogP contribution < -0.4 is 9.80 Å². The number of anilines is 5. The molecule has 7 aromatic carbocycles. The first-order chi connectivity index (χ1) is 30.2. The van der Waals surface area contributed by atoms with Gasteiger partial charge in [-0.1, -0.05) is 115 Å². The van der Waals surface area contributed by atoms with Crippen molar-refractivity contribution < 1.29 is 0 Å². The first-order valence-electron chi connectivity index (χ1n) is 21.5. The van der Waals surface area contributed by atoms with E-state index in [0.29, 0.717) is 17.5 Å². The molecule has 5 nitrogen and oxygen atoms in total. The van der Waals surface area contributed by atoms with E-state index < -0.39 is 0 Å². The second-order valence-corrected chi connectivity index (χ2v) is 16.4. The zero-order valence-corrected chi connectivity index (χ0v) is 36.3. The molecule has 1 aliphatic carbocycles. The molecule has 1 unspecified atom stereocenters. The van der Waals surface area contributed by atoms with Crippen molar-refractivity contribution in [2.24, 2.45) is 0 Å². The van der Waals surface area contributed by atoms with Gasteiger partial charge in [0.2, 0.25) is 0 Å². The van der Waals surface area contributed by atoms with Gasteiger partial charge in [-0.2, -0.15) is 0 Å². The second-order valence-electron chi connectivity index (χ2n) is 16.4. The monoisotopic (exact) mass is 805 g/mol. The third kappa shape index (κ3) is 7.98. The number of aromatic nitrogens is 3. The Labute approximate surface area is 366 Å². The molecule has 1 aliphatic rings. The highest BCUT2D eigenvalue weighted by molar-refractivity contribution is 5.82. The van der Waals surface area contributed by atoms with Crippen LogP contribution in [-0.2, 0) is 0 Å². The Kier molecular flexibility index (Phi) is 11.2. The first kappa shape index (κ1) is 40.1. The Balaban J connectivity index is 1.20. The molecule has 0 N–H and O–H groups in total. The van der Waals surface area contributed by atoms with Crippen molar-refractivity contribution in [2.45, 2.75) is 54.0 Å². The summed E-state index contributed by atoms with van der Waals surface area (Å²) in [5.74, 6) is 1.95. The van der Waals surface area contributed by atoms with Crippen molar-refractivity contribution in [3.8, 4) is 45.3 Å². The fourth-order valence-electron chi connectivity index (χ4n) is 8.75. The number of hydrogen-bond acceptors (Lipinski definition) is 5. The molecule has 0 spiro atoms. The number of nitrogens with zero attached hydrogens (tertiary/aromatic N) is 5. The van der Waals surface area contributed by atoms with E-state index in [2.05, 4.69) is 233 Å². The van der Waals surface area contributed by atoms with Gasteiger partial charge in [-0.15, -0.1) is 0 Å². The van der Waals surface area contributed by atoms with Crippen molar-refractivity contribution in [3.63, 3.8) is 0 Å². The molecule has 1 atom stereocenters. The van der Waals surface area contributed by atoms with Gasteiger partial charge in [0.1, 0.15) is 0 Å². The van der Waals surface area contributed by atoms with Gasteiger partial charge in [-0.05, 0) is 159 Å². The molecule has 0 aliphatic heterocycles. The minimum atomic E-state index is 0.196. The summed E-state index contributed by atoms with van der Waals surface area (Å²) in [6, 6.07) is 56.2. The molecule has 1 heterocycles. The molecule has 5 heteroatoms. The Hall–Kier alpha value is -7.37. The van der Waals surface area contributed by atoms with Gasteiger partial charge < -0.3 is 9.80 Å². The van der Waals surface area contributed by atoms with E-state index in [4.69, 9.17) is 15.0 Å². The predicted octanol–water partition coefficient (Wildman–Crippen LogP) is 14.9. The lowest BCUT2D eigenvalue weighted by Crippen LogP contribution is -2.30. The summed E-state index contributed by atoms with van der Waals surface area (Å²) < 4.78 is 0.